The molecule has 2 rings (SSSR count). The Morgan fingerprint density at radius 1 is 1.22 bits per heavy atom. The minimum atomic E-state index is -4.65. The second kappa shape index (κ2) is 5.48. The van der Waals surface area contributed by atoms with E-state index < -0.39 is 6.36 Å². The third-order valence-corrected chi connectivity index (χ3v) is 3.30. The largest absolute Gasteiger partial charge is 0.573 e. The third kappa shape index (κ3) is 3.88. The van der Waals surface area contributed by atoms with Gasteiger partial charge in [-0.3, -0.25) is 0 Å². The van der Waals surface area contributed by atoms with Gasteiger partial charge in [0.05, 0.1) is 0 Å². The van der Waals surface area contributed by atoms with E-state index in [9.17, 15) is 13.2 Å². The van der Waals surface area contributed by atoms with Gasteiger partial charge < -0.3 is 10.1 Å². The Morgan fingerprint density at radius 2 is 2.00 bits per heavy atom. The summed E-state index contributed by atoms with van der Waals surface area (Å²) in [7, 11) is 0. The lowest BCUT2D eigenvalue weighted by atomic mass is 9.97. The van der Waals surface area contributed by atoms with Crippen molar-refractivity contribution < 1.29 is 17.9 Å². The molecule has 0 bridgehead atoms. The van der Waals surface area contributed by atoms with E-state index in [-0.39, 0.29) is 11.8 Å². The molecule has 1 aliphatic rings. The van der Waals surface area contributed by atoms with Gasteiger partial charge in [-0.15, -0.1) is 13.2 Å². The number of rotatable bonds is 2. The number of hydrogen-bond donors (Lipinski definition) is 1. The van der Waals surface area contributed by atoms with Crippen LogP contribution in [0.15, 0.2) is 22.7 Å². The van der Waals surface area contributed by atoms with E-state index >= 15 is 0 Å². The van der Waals surface area contributed by atoms with Crippen molar-refractivity contribution in [1.82, 2.24) is 5.32 Å². The molecule has 0 spiro atoms. The van der Waals surface area contributed by atoms with Crippen molar-refractivity contribution in [2.45, 2.75) is 31.7 Å². The molecule has 0 aromatic heterocycles. The fourth-order valence-corrected chi connectivity index (χ4v) is 2.60. The van der Waals surface area contributed by atoms with E-state index in [0.29, 0.717) is 4.47 Å². The second-order valence-corrected chi connectivity index (χ2v) is 5.19. The van der Waals surface area contributed by atoms with E-state index in [1.54, 1.807) is 0 Å². The minimum absolute atomic E-state index is 0.104. The monoisotopic (exact) mass is 323 g/mol. The van der Waals surface area contributed by atoms with Gasteiger partial charge in [0.1, 0.15) is 5.75 Å². The predicted octanol–water partition coefficient (Wildman–Crippen LogP) is 4.16. The molecule has 18 heavy (non-hydrogen) atoms. The maximum atomic E-state index is 12.2. The number of alkyl halides is 3. The van der Waals surface area contributed by atoms with Crippen LogP contribution in [0.5, 0.6) is 5.75 Å². The van der Waals surface area contributed by atoms with Crippen molar-refractivity contribution >= 4 is 15.9 Å². The number of piperidine rings is 1. The van der Waals surface area contributed by atoms with Crippen molar-refractivity contribution in [3.8, 4) is 5.75 Å². The first-order valence-electron chi connectivity index (χ1n) is 5.74. The summed E-state index contributed by atoms with van der Waals surface area (Å²) >= 11 is 3.21. The molecule has 6 heteroatoms. The fourth-order valence-electron chi connectivity index (χ4n) is 2.11. The molecule has 1 aliphatic heterocycles. The Labute approximate surface area is 112 Å². The molecule has 1 atom stereocenters. The Balaban J connectivity index is 2.20. The first-order chi connectivity index (χ1) is 8.44. The lowest BCUT2D eigenvalue weighted by Crippen LogP contribution is -2.27. The van der Waals surface area contributed by atoms with E-state index in [1.807, 2.05) is 6.07 Å². The molecule has 1 aromatic rings. The number of benzene rings is 1. The highest BCUT2D eigenvalue weighted by Crippen LogP contribution is 2.31. The zero-order chi connectivity index (χ0) is 13.2. The van der Waals surface area contributed by atoms with Gasteiger partial charge in [0.25, 0.3) is 0 Å². The smallest absolute Gasteiger partial charge is 0.406 e. The molecule has 0 aliphatic carbocycles. The Kier molecular flexibility index (Phi) is 4.17. The van der Waals surface area contributed by atoms with Crippen LogP contribution in [0.4, 0.5) is 13.2 Å². The number of ether oxygens (including phenoxy) is 1. The van der Waals surface area contributed by atoms with E-state index in [1.165, 1.54) is 12.1 Å². The number of nitrogens with one attached hydrogen (secondary N) is 1. The van der Waals surface area contributed by atoms with Gasteiger partial charge in [0.2, 0.25) is 0 Å². The molecule has 100 valence electrons. The van der Waals surface area contributed by atoms with Gasteiger partial charge in [-0.2, -0.15) is 0 Å². The van der Waals surface area contributed by atoms with Crippen LogP contribution < -0.4 is 10.1 Å². The molecule has 2 nitrogen and oxygen atoms in total. The summed E-state index contributed by atoms with van der Waals surface area (Å²) in [6, 6.07) is 4.69. The summed E-state index contributed by atoms with van der Waals surface area (Å²) in [5.74, 6) is -0.181. The highest BCUT2D eigenvalue weighted by Gasteiger charge is 2.31. The molecule has 1 heterocycles. The first-order valence-corrected chi connectivity index (χ1v) is 6.53. The molecule has 1 N–H and O–H groups in total. The van der Waals surface area contributed by atoms with Crippen LogP contribution in [0.25, 0.3) is 0 Å². The van der Waals surface area contributed by atoms with Crippen LogP contribution in [0, 0.1) is 0 Å². The Morgan fingerprint density at radius 3 is 2.61 bits per heavy atom. The van der Waals surface area contributed by atoms with Crippen molar-refractivity contribution in [1.29, 1.82) is 0 Å². The standard InChI is InChI=1S/C12H13BrF3NO/c13-9-5-8(11-3-1-2-4-17-11)6-10(7-9)18-12(14,15)16/h5-7,11,17H,1-4H2/t11-/m1/s1. The molecular formula is C12H13BrF3NO. The molecule has 1 saturated heterocycles. The van der Waals surface area contributed by atoms with Crippen LogP contribution in [-0.2, 0) is 0 Å². The Bertz CT molecular complexity index is 416. The molecule has 0 saturated carbocycles. The zero-order valence-electron chi connectivity index (χ0n) is 9.56. The topological polar surface area (TPSA) is 21.3 Å². The average Bonchev–Trinajstić information content (AvgIpc) is 2.27. The summed E-state index contributed by atoms with van der Waals surface area (Å²) in [5.41, 5.74) is 0.823. The predicted molar refractivity (Wildman–Crippen MR) is 65.4 cm³/mol. The quantitative estimate of drug-likeness (QED) is 0.882. The van der Waals surface area contributed by atoms with Gasteiger partial charge in [0.15, 0.2) is 0 Å². The fraction of sp³-hybridized carbons (Fsp3) is 0.500. The average molecular weight is 324 g/mol. The van der Waals surface area contributed by atoms with Crippen molar-refractivity contribution in [2.75, 3.05) is 6.54 Å². The molecule has 1 fully saturated rings. The summed E-state index contributed by atoms with van der Waals surface area (Å²) in [4.78, 5) is 0. The Hall–Kier alpha value is -0.750. The minimum Gasteiger partial charge on any atom is -0.406 e. The van der Waals surface area contributed by atoms with Gasteiger partial charge in [-0.25, -0.2) is 0 Å². The van der Waals surface area contributed by atoms with Gasteiger partial charge in [-0.1, -0.05) is 22.4 Å². The lowest BCUT2D eigenvalue weighted by molar-refractivity contribution is -0.274. The summed E-state index contributed by atoms with van der Waals surface area (Å²) in [6.45, 7) is 0.895. The highest BCUT2D eigenvalue weighted by atomic mass is 79.9. The lowest BCUT2D eigenvalue weighted by Gasteiger charge is -2.24. The summed E-state index contributed by atoms with van der Waals surface area (Å²) < 4.78 is 41.1. The van der Waals surface area contributed by atoms with E-state index in [4.69, 9.17) is 0 Å². The SMILES string of the molecule is FC(F)(F)Oc1cc(Br)cc([C@H]2CCCCN2)c1. The van der Waals surface area contributed by atoms with Crippen molar-refractivity contribution in [3.05, 3.63) is 28.2 Å². The van der Waals surface area contributed by atoms with Crippen molar-refractivity contribution in [2.24, 2.45) is 0 Å². The third-order valence-electron chi connectivity index (χ3n) is 2.84. The van der Waals surface area contributed by atoms with Crippen LogP contribution in [0.2, 0.25) is 0 Å². The van der Waals surface area contributed by atoms with Crippen LogP contribution in [-0.4, -0.2) is 12.9 Å². The summed E-state index contributed by atoms with van der Waals surface area (Å²) in [6.07, 6.45) is -1.53. The van der Waals surface area contributed by atoms with Gasteiger partial charge in [0, 0.05) is 10.5 Å². The molecule has 0 unspecified atom stereocenters. The molecule has 0 amide bonds. The van der Waals surface area contributed by atoms with E-state index in [0.717, 1.165) is 31.4 Å². The number of halogens is 4. The normalized spacial score (nSPS) is 20.8. The molecule has 1 aromatic carbocycles. The van der Waals surface area contributed by atoms with Crippen LogP contribution in [0.1, 0.15) is 30.9 Å². The number of hydrogen-bond acceptors (Lipinski definition) is 2. The maximum absolute atomic E-state index is 12.2. The molecule has 0 radical (unpaired) electrons. The van der Waals surface area contributed by atoms with Crippen LogP contribution in [0.3, 0.4) is 0 Å². The van der Waals surface area contributed by atoms with Crippen LogP contribution >= 0.6 is 15.9 Å². The molecular weight excluding hydrogens is 311 g/mol. The zero-order valence-corrected chi connectivity index (χ0v) is 11.1. The second-order valence-electron chi connectivity index (χ2n) is 4.27. The maximum Gasteiger partial charge on any atom is 0.573 e. The highest BCUT2D eigenvalue weighted by molar-refractivity contribution is 9.10. The van der Waals surface area contributed by atoms with E-state index in [2.05, 4.69) is 26.0 Å². The van der Waals surface area contributed by atoms with Gasteiger partial charge >= 0.3 is 6.36 Å². The first kappa shape index (κ1) is 13.7. The summed E-state index contributed by atoms with van der Waals surface area (Å²) in [5, 5.41) is 3.30. The van der Waals surface area contributed by atoms with Crippen molar-refractivity contribution in [3.63, 3.8) is 0 Å². The van der Waals surface area contributed by atoms with Gasteiger partial charge in [-0.05, 0) is 43.1 Å².